The van der Waals surface area contributed by atoms with Crippen molar-refractivity contribution in [2.24, 2.45) is 0 Å². The summed E-state index contributed by atoms with van der Waals surface area (Å²) in [6.07, 6.45) is 0. The van der Waals surface area contributed by atoms with Gasteiger partial charge < -0.3 is 10.2 Å². The second kappa shape index (κ2) is 7.18. The molecule has 0 amide bonds. The number of halogens is 1. The van der Waals surface area contributed by atoms with E-state index in [4.69, 9.17) is 0 Å². The van der Waals surface area contributed by atoms with Crippen LogP contribution in [0.4, 0.5) is 10.2 Å². The molecule has 1 aromatic heterocycles. The topological polar surface area (TPSA) is 28.2 Å². The lowest BCUT2D eigenvalue weighted by molar-refractivity contribution is 0.627. The summed E-state index contributed by atoms with van der Waals surface area (Å²) in [4.78, 5) is 6.72. The van der Waals surface area contributed by atoms with E-state index in [0.717, 1.165) is 30.2 Å². The van der Waals surface area contributed by atoms with Gasteiger partial charge in [0.1, 0.15) is 11.6 Å². The van der Waals surface area contributed by atoms with Crippen molar-refractivity contribution >= 4 is 5.82 Å². The Morgan fingerprint density at radius 2 is 1.86 bits per heavy atom. The fraction of sp³-hybridized carbons (Fsp3) is 0.353. The fourth-order valence-electron chi connectivity index (χ4n) is 2.18. The first-order valence-corrected chi connectivity index (χ1v) is 7.23. The molecule has 1 aromatic carbocycles. The molecule has 2 rings (SSSR count). The summed E-state index contributed by atoms with van der Waals surface area (Å²) in [6.45, 7) is 6.62. The minimum absolute atomic E-state index is 0.205. The summed E-state index contributed by atoms with van der Waals surface area (Å²) in [5.74, 6) is 0.722. The average Bonchev–Trinajstić information content (AvgIpc) is 2.48. The second-order valence-corrected chi connectivity index (χ2v) is 5.18. The van der Waals surface area contributed by atoms with E-state index in [0.29, 0.717) is 6.54 Å². The van der Waals surface area contributed by atoms with Crippen molar-refractivity contribution in [2.45, 2.75) is 26.9 Å². The maximum atomic E-state index is 12.9. The Kier molecular flexibility index (Phi) is 5.28. The van der Waals surface area contributed by atoms with Gasteiger partial charge in [0, 0.05) is 25.8 Å². The first kappa shape index (κ1) is 15.4. The van der Waals surface area contributed by atoms with Crippen molar-refractivity contribution in [1.29, 1.82) is 0 Å². The van der Waals surface area contributed by atoms with Gasteiger partial charge in [0.2, 0.25) is 0 Å². The van der Waals surface area contributed by atoms with E-state index in [9.17, 15) is 4.39 Å². The number of hydrogen-bond donors (Lipinski definition) is 1. The van der Waals surface area contributed by atoms with E-state index in [1.54, 1.807) is 12.1 Å². The van der Waals surface area contributed by atoms with E-state index < -0.39 is 0 Å². The van der Waals surface area contributed by atoms with Crippen molar-refractivity contribution in [3.05, 3.63) is 59.0 Å². The third-order valence-corrected chi connectivity index (χ3v) is 3.47. The molecule has 4 heteroatoms. The van der Waals surface area contributed by atoms with Crippen molar-refractivity contribution in [1.82, 2.24) is 10.3 Å². The SMILES string of the molecule is CCNCc1ccc(N(C)Cc2ccc(F)cc2)nc1C. The van der Waals surface area contributed by atoms with Crippen molar-refractivity contribution in [2.75, 3.05) is 18.5 Å². The van der Waals surface area contributed by atoms with Crippen molar-refractivity contribution < 1.29 is 4.39 Å². The van der Waals surface area contributed by atoms with E-state index >= 15 is 0 Å². The Balaban J connectivity index is 2.06. The van der Waals surface area contributed by atoms with Crippen LogP contribution in [0.15, 0.2) is 36.4 Å². The van der Waals surface area contributed by atoms with Crippen molar-refractivity contribution in [3.8, 4) is 0 Å². The zero-order chi connectivity index (χ0) is 15.2. The van der Waals surface area contributed by atoms with Gasteiger partial charge in [-0.25, -0.2) is 9.37 Å². The van der Waals surface area contributed by atoms with Gasteiger partial charge in [-0.2, -0.15) is 0 Å². The molecule has 0 spiro atoms. The van der Waals surface area contributed by atoms with Gasteiger partial charge in [0.25, 0.3) is 0 Å². The molecule has 0 saturated heterocycles. The predicted octanol–water partition coefficient (Wildman–Crippen LogP) is 3.28. The molecule has 21 heavy (non-hydrogen) atoms. The van der Waals surface area contributed by atoms with Crippen molar-refractivity contribution in [3.63, 3.8) is 0 Å². The van der Waals surface area contributed by atoms with E-state index in [1.807, 2.05) is 20.0 Å². The Morgan fingerprint density at radius 3 is 2.48 bits per heavy atom. The largest absolute Gasteiger partial charge is 0.355 e. The van der Waals surface area contributed by atoms with E-state index in [2.05, 4.69) is 28.2 Å². The molecular weight excluding hydrogens is 265 g/mol. The lowest BCUT2D eigenvalue weighted by atomic mass is 10.2. The maximum absolute atomic E-state index is 12.9. The summed E-state index contributed by atoms with van der Waals surface area (Å²) >= 11 is 0. The maximum Gasteiger partial charge on any atom is 0.128 e. The average molecular weight is 287 g/mol. The van der Waals surface area contributed by atoms with Crippen LogP contribution in [0.2, 0.25) is 0 Å². The molecule has 112 valence electrons. The first-order chi connectivity index (χ1) is 10.1. The molecule has 2 aromatic rings. The Hall–Kier alpha value is -1.94. The minimum Gasteiger partial charge on any atom is -0.355 e. The van der Waals surface area contributed by atoms with Gasteiger partial charge >= 0.3 is 0 Å². The summed E-state index contributed by atoms with van der Waals surface area (Å²) in [5.41, 5.74) is 3.32. The standard InChI is InChI=1S/C17H22FN3/c1-4-19-11-15-7-10-17(20-13(15)2)21(3)12-14-5-8-16(18)9-6-14/h5-10,19H,4,11-12H2,1-3H3. The molecule has 0 radical (unpaired) electrons. The monoisotopic (exact) mass is 287 g/mol. The van der Waals surface area contributed by atoms with Crippen LogP contribution in [0, 0.1) is 12.7 Å². The number of pyridine rings is 1. The van der Waals surface area contributed by atoms with Gasteiger partial charge in [-0.1, -0.05) is 25.1 Å². The minimum atomic E-state index is -0.205. The molecule has 0 unspecified atom stereocenters. The van der Waals surface area contributed by atoms with Crippen LogP contribution in [-0.2, 0) is 13.1 Å². The molecule has 0 saturated carbocycles. The molecule has 0 aliphatic carbocycles. The number of aryl methyl sites for hydroxylation is 1. The summed E-state index contributed by atoms with van der Waals surface area (Å²) in [6, 6.07) is 10.7. The van der Waals surface area contributed by atoms with Gasteiger partial charge in [-0.15, -0.1) is 0 Å². The number of benzene rings is 1. The third-order valence-electron chi connectivity index (χ3n) is 3.47. The lowest BCUT2D eigenvalue weighted by Crippen LogP contribution is -2.19. The fourth-order valence-corrected chi connectivity index (χ4v) is 2.18. The Labute approximate surface area is 125 Å². The van der Waals surface area contributed by atoms with Gasteiger partial charge in [-0.05, 0) is 42.8 Å². The van der Waals surface area contributed by atoms with Crippen LogP contribution in [0.1, 0.15) is 23.7 Å². The van der Waals surface area contributed by atoms with E-state index in [1.165, 1.54) is 17.7 Å². The highest BCUT2D eigenvalue weighted by atomic mass is 19.1. The Morgan fingerprint density at radius 1 is 1.14 bits per heavy atom. The van der Waals surface area contributed by atoms with Crippen LogP contribution in [0.5, 0.6) is 0 Å². The van der Waals surface area contributed by atoms with E-state index in [-0.39, 0.29) is 5.82 Å². The lowest BCUT2D eigenvalue weighted by Gasteiger charge is -2.19. The Bertz CT molecular complexity index is 581. The molecule has 3 nitrogen and oxygen atoms in total. The number of rotatable bonds is 6. The summed E-state index contributed by atoms with van der Waals surface area (Å²) in [5, 5.41) is 3.31. The normalized spacial score (nSPS) is 10.7. The smallest absolute Gasteiger partial charge is 0.128 e. The summed E-state index contributed by atoms with van der Waals surface area (Å²) < 4.78 is 12.9. The predicted molar refractivity (Wildman–Crippen MR) is 84.9 cm³/mol. The highest BCUT2D eigenvalue weighted by Crippen LogP contribution is 2.16. The quantitative estimate of drug-likeness (QED) is 0.884. The van der Waals surface area contributed by atoms with Crippen LogP contribution in [-0.4, -0.2) is 18.6 Å². The number of anilines is 1. The molecule has 0 atom stereocenters. The van der Waals surface area contributed by atoms with Gasteiger partial charge in [-0.3, -0.25) is 0 Å². The highest BCUT2D eigenvalue weighted by Gasteiger charge is 2.06. The molecule has 1 N–H and O–H groups in total. The van der Waals surface area contributed by atoms with Gasteiger partial charge in [0.05, 0.1) is 0 Å². The van der Waals surface area contributed by atoms with Crippen LogP contribution < -0.4 is 10.2 Å². The first-order valence-electron chi connectivity index (χ1n) is 7.23. The van der Waals surface area contributed by atoms with Crippen LogP contribution >= 0.6 is 0 Å². The van der Waals surface area contributed by atoms with Crippen LogP contribution in [0.25, 0.3) is 0 Å². The van der Waals surface area contributed by atoms with Gasteiger partial charge in [0.15, 0.2) is 0 Å². The zero-order valence-electron chi connectivity index (χ0n) is 12.9. The third kappa shape index (κ3) is 4.26. The number of aromatic nitrogens is 1. The molecular formula is C17H22FN3. The number of nitrogens with one attached hydrogen (secondary N) is 1. The highest BCUT2D eigenvalue weighted by molar-refractivity contribution is 5.41. The number of hydrogen-bond acceptors (Lipinski definition) is 3. The number of nitrogens with zero attached hydrogens (tertiary/aromatic N) is 2. The molecule has 0 aliphatic heterocycles. The molecule has 0 bridgehead atoms. The van der Waals surface area contributed by atoms with Crippen LogP contribution in [0.3, 0.4) is 0 Å². The molecule has 0 fully saturated rings. The summed E-state index contributed by atoms with van der Waals surface area (Å²) in [7, 11) is 2.00. The molecule has 1 heterocycles. The zero-order valence-corrected chi connectivity index (χ0v) is 12.9. The molecule has 0 aliphatic rings. The second-order valence-electron chi connectivity index (χ2n) is 5.18.